The molecule has 2 saturated heterocycles. The Kier molecular flexibility index (Phi) is 4.78. The highest BCUT2D eigenvalue weighted by atomic mass is 32.2. The summed E-state index contributed by atoms with van der Waals surface area (Å²) in [5.74, 6) is 0.119. The van der Waals surface area contributed by atoms with Gasteiger partial charge in [0.15, 0.2) is 0 Å². The van der Waals surface area contributed by atoms with Crippen LogP contribution in [0.5, 0.6) is 0 Å². The summed E-state index contributed by atoms with van der Waals surface area (Å²) in [6.07, 6.45) is 2.64. The van der Waals surface area contributed by atoms with E-state index in [9.17, 15) is 13.2 Å². The van der Waals surface area contributed by atoms with Gasteiger partial charge in [-0.25, -0.2) is 8.42 Å². The minimum atomic E-state index is -3.57. The maximum absolute atomic E-state index is 12.9. The Morgan fingerprint density at radius 1 is 1.39 bits per heavy atom. The number of rotatable bonds is 4. The lowest BCUT2D eigenvalue weighted by atomic mass is 10.1. The van der Waals surface area contributed by atoms with Gasteiger partial charge in [-0.2, -0.15) is 4.31 Å². The third-order valence-electron chi connectivity index (χ3n) is 4.76. The van der Waals surface area contributed by atoms with E-state index in [1.807, 2.05) is 6.92 Å². The van der Waals surface area contributed by atoms with Gasteiger partial charge in [-0.3, -0.25) is 4.79 Å². The zero-order valence-corrected chi connectivity index (χ0v) is 14.9. The molecule has 0 bridgehead atoms. The SMILES string of the molecule is CC1CC(CN)CN1C(=O)c1sccc1S(=O)(=O)N1CCCC1. The molecule has 2 atom stereocenters. The molecular weight excluding hydrogens is 334 g/mol. The van der Waals surface area contributed by atoms with Crippen molar-refractivity contribution in [2.45, 2.75) is 37.1 Å². The van der Waals surface area contributed by atoms with E-state index in [0.717, 1.165) is 19.3 Å². The van der Waals surface area contributed by atoms with E-state index in [4.69, 9.17) is 5.73 Å². The number of hydrogen-bond acceptors (Lipinski definition) is 5. The van der Waals surface area contributed by atoms with Crippen molar-refractivity contribution in [2.75, 3.05) is 26.2 Å². The fraction of sp³-hybridized carbons (Fsp3) is 0.667. The molecule has 0 radical (unpaired) electrons. The molecule has 0 spiro atoms. The molecule has 2 aliphatic heterocycles. The quantitative estimate of drug-likeness (QED) is 0.881. The van der Waals surface area contributed by atoms with Gasteiger partial charge in [0.05, 0.1) is 0 Å². The number of hydrogen-bond donors (Lipinski definition) is 1. The summed E-state index contributed by atoms with van der Waals surface area (Å²) in [7, 11) is -3.57. The molecule has 1 aromatic heterocycles. The van der Waals surface area contributed by atoms with Crippen molar-refractivity contribution < 1.29 is 13.2 Å². The molecule has 0 aromatic carbocycles. The van der Waals surface area contributed by atoms with Crippen LogP contribution in [0, 0.1) is 5.92 Å². The van der Waals surface area contributed by atoms with Gasteiger partial charge < -0.3 is 10.6 Å². The standard InChI is InChI=1S/C15H23N3O3S2/c1-11-8-12(9-16)10-18(11)15(19)14-13(4-7-22-14)23(20,21)17-5-2-3-6-17/h4,7,11-12H,2-3,5-6,8-10,16H2,1H3. The average Bonchev–Trinajstić information content (AvgIpc) is 3.26. The molecule has 3 heterocycles. The Balaban J connectivity index is 1.87. The molecule has 1 aromatic rings. The summed E-state index contributed by atoms with van der Waals surface area (Å²) < 4.78 is 27.0. The van der Waals surface area contributed by atoms with Gasteiger partial charge in [-0.05, 0) is 50.1 Å². The molecule has 0 aliphatic carbocycles. The summed E-state index contributed by atoms with van der Waals surface area (Å²) in [5.41, 5.74) is 5.72. The Labute approximate surface area is 141 Å². The van der Waals surface area contributed by atoms with Crippen molar-refractivity contribution in [3.05, 3.63) is 16.3 Å². The maximum Gasteiger partial charge on any atom is 0.265 e. The van der Waals surface area contributed by atoms with Crippen molar-refractivity contribution >= 4 is 27.3 Å². The second-order valence-corrected chi connectivity index (χ2v) is 9.19. The van der Waals surface area contributed by atoms with Gasteiger partial charge in [0.1, 0.15) is 9.77 Å². The van der Waals surface area contributed by atoms with Crippen LogP contribution in [0.3, 0.4) is 0 Å². The lowest BCUT2D eigenvalue weighted by molar-refractivity contribution is 0.0744. The highest BCUT2D eigenvalue weighted by molar-refractivity contribution is 7.89. The monoisotopic (exact) mass is 357 g/mol. The Hall–Kier alpha value is -0.960. The molecule has 2 N–H and O–H groups in total. The number of sulfonamides is 1. The van der Waals surface area contributed by atoms with Gasteiger partial charge >= 0.3 is 0 Å². The van der Waals surface area contributed by atoms with E-state index in [1.165, 1.54) is 15.6 Å². The second kappa shape index (κ2) is 6.51. The molecule has 2 aliphatic rings. The fourth-order valence-corrected chi connectivity index (χ4v) is 6.32. The lowest BCUT2D eigenvalue weighted by Crippen LogP contribution is -2.35. The second-order valence-electron chi connectivity index (χ2n) is 6.37. The third kappa shape index (κ3) is 3.05. The van der Waals surface area contributed by atoms with Gasteiger partial charge in [-0.1, -0.05) is 0 Å². The predicted molar refractivity (Wildman–Crippen MR) is 90.0 cm³/mol. The Morgan fingerprint density at radius 2 is 2.09 bits per heavy atom. The van der Waals surface area contributed by atoms with Crippen molar-refractivity contribution in [3.8, 4) is 0 Å². The van der Waals surface area contributed by atoms with Crippen LogP contribution in [0.25, 0.3) is 0 Å². The van der Waals surface area contributed by atoms with E-state index in [-0.39, 0.29) is 16.8 Å². The minimum absolute atomic E-state index is 0.0977. The summed E-state index contributed by atoms with van der Waals surface area (Å²) in [6.45, 7) is 4.24. The van der Waals surface area contributed by atoms with Crippen molar-refractivity contribution in [1.82, 2.24) is 9.21 Å². The molecule has 3 rings (SSSR count). The third-order valence-corrected chi connectivity index (χ3v) is 7.73. The topological polar surface area (TPSA) is 83.7 Å². The van der Waals surface area contributed by atoms with E-state index in [0.29, 0.717) is 37.0 Å². The zero-order chi connectivity index (χ0) is 16.6. The van der Waals surface area contributed by atoms with Crippen LogP contribution in [-0.4, -0.2) is 55.8 Å². The molecule has 2 fully saturated rings. The Morgan fingerprint density at radius 3 is 2.70 bits per heavy atom. The van der Waals surface area contributed by atoms with Crippen LogP contribution in [0.4, 0.5) is 0 Å². The molecule has 128 valence electrons. The highest BCUT2D eigenvalue weighted by Crippen LogP contribution is 2.31. The maximum atomic E-state index is 12.9. The van der Waals surface area contributed by atoms with Crippen LogP contribution in [0.1, 0.15) is 35.9 Å². The number of likely N-dealkylation sites (tertiary alicyclic amines) is 1. The molecule has 6 nitrogen and oxygen atoms in total. The number of carbonyl (C=O) groups excluding carboxylic acids is 1. The first-order valence-corrected chi connectivity index (χ1v) is 10.4. The largest absolute Gasteiger partial charge is 0.335 e. The van der Waals surface area contributed by atoms with E-state index >= 15 is 0 Å². The predicted octanol–water partition coefficient (Wildman–Crippen LogP) is 1.34. The minimum Gasteiger partial charge on any atom is -0.335 e. The molecule has 2 unspecified atom stereocenters. The normalized spacial score (nSPS) is 26.1. The highest BCUT2D eigenvalue weighted by Gasteiger charge is 2.37. The van der Waals surface area contributed by atoms with Crippen molar-refractivity contribution in [1.29, 1.82) is 0 Å². The van der Waals surface area contributed by atoms with Crippen LogP contribution in [0.15, 0.2) is 16.3 Å². The average molecular weight is 358 g/mol. The first-order valence-electron chi connectivity index (χ1n) is 8.04. The van der Waals surface area contributed by atoms with E-state index < -0.39 is 10.0 Å². The van der Waals surface area contributed by atoms with Crippen LogP contribution < -0.4 is 5.73 Å². The number of amides is 1. The summed E-state index contributed by atoms with van der Waals surface area (Å²) in [6, 6.07) is 1.66. The molecular formula is C15H23N3O3S2. The summed E-state index contributed by atoms with van der Waals surface area (Å²) in [5, 5.41) is 1.69. The molecule has 23 heavy (non-hydrogen) atoms. The molecule has 0 saturated carbocycles. The van der Waals surface area contributed by atoms with Crippen LogP contribution in [0.2, 0.25) is 0 Å². The van der Waals surface area contributed by atoms with Crippen LogP contribution in [-0.2, 0) is 10.0 Å². The van der Waals surface area contributed by atoms with Crippen LogP contribution >= 0.6 is 11.3 Å². The van der Waals surface area contributed by atoms with Gasteiger partial charge in [0.25, 0.3) is 5.91 Å². The Bertz CT molecular complexity index is 680. The first kappa shape index (κ1) is 16.9. The summed E-state index contributed by atoms with van der Waals surface area (Å²) in [4.78, 5) is 15.1. The van der Waals surface area contributed by atoms with Gasteiger partial charge in [0, 0.05) is 25.7 Å². The number of nitrogens with two attached hydrogens (primary N) is 1. The first-order chi connectivity index (χ1) is 10.9. The molecule has 1 amide bonds. The lowest BCUT2D eigenvalue weighted by Gasteiger charge is -2.22. The number of carbonyl (C=O) groups is 1. The fourth-order valence-electron chi connectivity index (χ4n) is 3.45. The van der Waals surface area contributed by atoms with Crippen molar-refractivity contribution in [2.24, 2.45) is 11.7 Å². The molecule has 8 heteroatoms. The van der Waals surface area contributed by atoms with Crippen molar-refractivity contribution in [3.63, 3.8) is 0 Å². The van der Waals surface area contributed by atoms with Gasteiger partial charge in [0.2, 0.25) is 10.0 Å². The van der Waals surface area contributed by atoms with E-state index in [1.54, 1.807) is 16.3 Å². The number of thiophene rings is 1. The van der Waals surface area contributed by atoms with Gasteiger partial charge in [-0.15, -0.1) is 11.3 Å². The zero-order valence-electron chi connectivity index (χ0n) is 13.3. The number of nitrogens with zero attached hydrogens (tertiary/aromatic N) is 2. The van der Waals surface area contributed by atoms with E-state index in [2.05, 4.69) is 0 Å². The summed E-state index contributed by atoms with van der Waals surface area (Å²) >= 11 is 1.21. The smallest absolute Gasteiger partial charge is 0.265 e.